The Morgan fingerprint density at radius 1 is 1.37 bits per heavy atom. The van der Waals surface area contributed by atoms with E-state index in [1.807, 2.05) is 20.8 Å². The first kappa shape index (κ1) is 21.2. The van der Waals surface area contributed by atoms with Gasteiger partial charge in [-0.2, -0.15) is 0 Å². The van der Waals surface area contributed by atoms with Crippen LogP contribution in [0.25, 0.3) is 4.98 Å². The summed E-state index contributed by atoms with van der Waals surface area (Å²) in [5.74, 6) is -0.689. The number of rotatable bonds is 5. The summed E-state index contributed by atoms with van der Waals surface area (Å²) in [7, 11) is -4.23. The van der Waals surface area contributed by atoms with Crippen molar-refractivity contribution in [2.24, 2.45) is 0 Å². The molecular formula is C18H26N3O5S+. The topological polar surface area (TPSA) is 104 Å². The largest absolute Gasteiger partial charge is 0.537 e. The van der Waals surface area contributed by atoms with Gasteiger partial charge < -0.3 is 14.6 Å². The van der Waals surface area contributed by atoms with Gasteiger partial charge in [0, 0.05) is 0 Å². The molecular weight excluding hydrogens is 370 g/mol. The fraction of sp³-hybridized carbons (Fsp3) is 0.556. The predicted molar refractivity (Wildman–Crippen MR) is 99.7 cm³/mol. The maximum atomic E-state index is 12.8. The second-order valence-corrected chi connectivity index (χ2v) is 9.62. The van der Waals surface area contributed by atoms with E-state index in [-0.39, 0.29) is 18.1 Å². The Kier molecular flexibility index (Phi) is 5.85. The SMILES string of the molecule is CC(C)(C)OC[C@H]1COC(C)(C)N1/C(O)=C(\[N+]#N)S(=O)(=O)c1ccccc1. The zero-order chi connectivity index (χ0) is 20.5. The fourth-order valence-corrected chi connectivity index (χ4v) is 4.00. The van der Waals surface area contributed by atoms with E-state index in [1.165, 1.54) is 17.0 Å². The highest BCUT2D eigenvalue weighted by molar-refractivity contribution is 7.95. The molecule has 0 radical (unpaired) electrons. The van der Waals surface area contributed by atoms with Crippen LogP contribution in [-0.4, -0.2) is 49.0 Å². The molecule has 0 bridgehead atoms. The van der Waals surface area contributed by atoms with Crippen LogP contribution < -0.4 is 0 Å². The molecule has 27 heavy (non-hydrogen) atoms. The highest BCUT2D eigenvalue weighted by atomic mass is 32.2. The summed E-state index contributed by atoms with van der Waals surface area (Å²) < 4.78 is 37.1. The molecule has 0 aliphatic carbocycles. The van der Waals surface area contributed by atoms with Gasteiger partial charge in [-0.15, -0.1) is 0 Å². The molecule has 0 aromatic heterocycles. The minimum atomic E-state index is -4.23. The van der Waals surface area contributed by atoms with E-state index in [4.69, 9.17) is 9.47 Å². The van der Waals surface area contributed by atoms with Gasteiger partial charge in [-0.1, -0.05) is 18.2 Å². The number of aliphatic hydroxyl groups excluding tert-OH is 1. The predicted octanol–water partition coefficient (Wildman–Crippen LogP) is 3.25. The highest BCUT2D eigenvalue weighted by Crippen LogP contribution is 2.34. The second kappa shape index (κ2) is 7.46. The van der Waals surface area contributed by atoms with Crippen molar-refractivity contribution < 1.29 is 23.0 Å². The number of ether oxygens (including phenoxy) is 2. The van der Waals surface area contributed by atoms with Crippen LogP contribution in [0.15, 0.2) is 46.1 Å². The Morgan fingerprint density at radius 2 is 1.96 bits per heavy atom. The number of hydrogen-bond donors (Lipinski definition) is 1. The van der Waals surface area contributed by atoms with Crippen molar-refractivity contribution in [1.29, 1.82) is 5.39 Å². The molecule has 1 heterocycles. The van der Waals surface area contributed by atoms with Gasteiger partial charge in [0.15, 0.2) is 4.98 Å². The summed E-state index contributed by atoms with van der Waals surface area (Å²) in [6.45, 7) is 9.46. The first-order chi connectivity index (χ1) is 12.4. The van der Waals surface area contributed by atoms with Crippen LogP contribution in [0.1, 0.15) is 34.6 Å². The van der Waals surface area contributed by atoms with Gasteiger partial charge in [0.25, 0.3) is 9.84 Å². The molecule has 1 aliphatic rings. The summed E-state index contributed by atoms with van der Waals surface area (Å²) in [4.78, 5) is 4.17. The van der Waals surface area contributed by atoms with E-state index in [0.717, 1.165) is 0 Å². The summed E-state index contributed by atoms with van der Waals surface area (Å²) in [6.07, 6.45) is 0. The third-order valence-electron chi connectivity index (χ3n) is 4.10. The van der Waals surface area contributed by atoms with Crippen LogP contribution >= 0.6 is 0 Å². The quantitative estimate of drug-likeness (QED) is 0.602. The standard InChI is InChI=1S/C18H25N3O5S/c1-17(2,3)25-11-13-12-26-18(4,5)21(13)16(22)15(20-19)27(23,24)14-9-7-6-8-10-14/h6-10,13H,11-12H2,1-5H3/p+1/b16-15-/t13-/m0/s1. The van der Waals surface area contributed by atoms with Crippen LogP contribution in [-0.2, 0) is 19.3 Å². The maximum Gasteiger partial charge on any atom is 0.537 e. The van der Waals surface area contributed by atoms with Crippen LogP contribution in [0, 0.1) is 5.39 Å². The van der Waals surface area contributed by atoms with Gasteiger partial charge in [0.1, 0.15) is 5.72 Å². The zero-order valence-corrected chi connectivity index (χ0v) is 17.0. The lowest BCUT2D eigenvalue weighted by molar-refractivity contribution is -0.0682. The molecule has 1 saturated heterocycles. The average molecular weight is 396 g/mol. The minimum Gasteiger partial charge on any atom is -0.488 e. The first-order valence-corrected chi connectivity index (χ1v) is 10.0. The number of aliphatic hydroxyl groups is 1. The molecule has 1 aromatic carbocycles. The smallest absolute Gasteiger partial charge is 0.488 e. The van der Waals surface area contributed by atoms with E-state index < -0.39 is 38.1 Å². The van der Waals surface area contributed by atoms with Gasteiger partial charge in [-0.25, -0.2) is 8.42 Å². The van der Waals surface area contributed by atoms with Crippen molar-refractivity contribution in [2.45, 2.75) is 56.9 Å². The Labute approximate surface area is 159 Å². The van der Waals surface area contributed by atoms with Crippen molar-refractivity contribution in [1.82, 2.24) is 4.90 Å². The van der Waals surface area contributed by atoms with E-state index in [9.17, 15) is 18.9 Å². The summed E-state index contributed by atoms with van der Waals surface area (Å²) in [5, 5.41) is 19.3. The Bertz CT molecular complexity index is 851. The van der Waals surface area contributed by atoms with Crippen LogP contribution in [0.2, 0.25) is 0 Å². The molecule has 148 valence electrons. The van der Waals surface area contributed by atoms with E-state index >= 15 is 0 Å². The summed E-state index contributed by atoms with van der Waals surface area (Å²) in [5.41, 5.74) is -1.43. The third-order valence-corrected chi connectivity index (χ3v) is 5.77. The zero-order valence-electron chi connectivity index (χ0n) is 16.2. The number of benzene rings is 1. The first-order valence-electron chi connectivity index (χ1n) is 8.56. The number of sulfone groups is 1. The molecule has 0 amide bonds. The molecule has 1 N–H and O–H groups in total. The van der Waals surface area contributed by atoms with Crippen LogP contribution in [0.4, 0.5) is 0 Å². The number of diazo groups is 1. The maximum absolute atomic E-state index is 12.8. The molecule has 0 saturated carbocycles. The number of hydrogen-bond acceptors (Lipinski definition) is 7. The lowest BCUT2D eigenvalue weighted by Gasteiger charge is -2.34. The van der Waals surface area contributed by atoms with Crippen LogP contribution in [0.3, 0.4) is 0 Å². The van der Waals surface area contributed by atoms with Gasteiger partial charge in [0.2, 0.25) is 5.39 Å². The molecule has 1 fully saturated rings. The fourth-order valence-electron chi connectivity index (χ4n) is 2.81. The highest BCUT2D eigenvalue weighted by Gasteiger charge is 2.49. The Hall–Kier alpha value is -2.15. The van der Waals surface area contributed by atoms with Crippen molar-refractivity contribution in [3.63, 3.8) is 0 Å². The van der Waals surface area contributed by atoms with E-state index in [2.05, 4.69) is 4.98 Å². The van der Waals surface area contributed by atoms with Gasteiger partial charge in [-0.3, -0.25) is 4.90 Å². The Morgan fingerprint density at radius 3 is 2.48 bits per heavy atom. The van der Waals surface area contributed by atoms with E-state index in [0.29, 0.717) is 0 Å². The second-order valence-electron chi connectivity index (χ2n) is 7.75. The lowest BCUT2D eigenvalue weighted by atomic mass is 10.2. The van der Waals surface area contributed by atoms with Crippen molar-refractivity contribution >= 4 is 9.84 Å². The monoisotopic (exact) mass is 396 g/mol. The minimum absolute atomic E-state index is 0.0928. The Balaban J connectivity index is 2.48. The third kappa shape index (κ3) is 4.58. The number of nitrogens with zero attached hydrogens (tertiary/aromatic N) is 3. The van der Waals surface area contributed by atoms with Crippen LogP contribution in [0.5, 0.6) is 0 Å². The molecule has 0 spiro atoms. The van der Waals surface area contributed by atoms with Crippen molar-refractivity contribution in [3.8, 4) is 0 Å². The average Bonchev–Trinajstić information content (AvgIpc) is 2.88. The van der Waals surface area contributed by atoms with Gasteiger partial charge in [-0.05, 0) is 46.8 Å². The molecule has 1 aromatic rings. The normalized spacial score (nSPS) is 20.9. The molecule has 9 heteroatoms. The van der Waals surface area contributed by atoms with Crippen molar-refractivity contribution in [2.75, 3.05) is 13.2 Å². The summed E-state index contributed by atoms with van der Waals surface area (Å²) in [6, 6.07) is 7.01. The lowest BCUT2D eigenvalue weighted by Crippen LogP contribution is -2.46. The van der Waals surface area contributed by atoms with E-state index in [1.54, 1.807) is 32.0 Å². The van der Waals surface area contributed by atoms with Crippen molar-refractivity contribution in [3.05, 3.63) is 46.2 Å². The molecule has 0 unspecified atom stereocenters. The molecule has 8 nitrogen and oxygen atoms in total. The molecule has 2 rings (SSSR count). The summed E-state index contributed by atoms with van der Waals surface area (Å²) >= 11 is 0. The molecule has 1 aliphatic heterocycles. The molecule has 1 atom stereocenters. The van der Waals surface area contributed by atoms with Gasteiger partial charge >= 0.3 is 10.9 Å². The van der Waals surface area contributed by atoms with Gasteiger partial charge in [0.05, 0.1) is 29.8 Å².